The third-order valence-corrected chi connectivity index (χ3v) is 3.69. The zero-order chi connectivity index (χ0) is 9.26. The Hall–Kier alpha value is -0.0800. The van der Waals surface area contributed by atoms with E-state index in [0.717, 1.165) is 18.0 Å². The van der Waals surface area contributed by atoms with Crippen LogP contribution in [0.15, 0.2) is 0 Å². The van der Waals surface area contributed by atoms with Gasteiger partial charge in [0.05, 0.1) is 0 Å². The molecule has 1 saturated carbocycles. The second-order valence-corrected chi connectivity index (χ2v) is 4.58. The number of nitrogens with one attached hydrogen (secondary N) is 1. The normalized spacial score (nSPS) is 33.2. The number of hydrogen-bond donors (Lipinski definition) is 1. The monoisotopic (exact) mass is 182 g/mol. The Morgan fingerprint density at radius 2 is 2.23 bits per heavy atom. The molecule has 2 unspecified atom stereocenters. The molecule has 2 fully saturated rings. The largest absolute Gasteiger partial charge is 0.314 e. The van der Waals surface area contributed by atoms with Crippen LogP contribution >= 0.6 is 0 Å². The first kappa shape index (κ1) is 9.47. The summed E-state index contributed by atoms with van der Waals surface area (Å²) in [7, 11) is 0. The van der Waals surface area contributed by atoms with E-state index in [9.17, 15) is 0 Å². The van der Waals surface area contributed by atoms with E-state index < -0.39 is 0 Å². The lowest BCUT2D eigenvalue weighted by molar-refractivity contribution is 0.0998. The molecule has 0 spiro atoms. The van der Waals surface area contributed by atoms with Crippen molar-refractivity contribution in [1.29, 1.82) is 0 Å². The molecule has 0 radical (unpaired) electrons. The van der Waals surface area contributed by atoms with E-state index in [1.54, 1.807) is 0 Å². The van der Waals surface area contributed by atoms with E-state index in [1.807, 2.05) is 0 Å². The van der Waals surface area contributed by atoms with E-state index in [0.29, 0.717) is 0 Å². The maximum atomic E-state index is 3.49. The molecular weight excluding hydrogens is 160 g/mol. The Kier molecular flexibility index (Phi) is 2.89. The highest BCUT2D eigenvalue weighted by Gasteiger charge is 2.35. The molecule has 2 atom stereocenters. The van der Waals surface area contributed by atoms with Gasteiger partial charge < -0.3 is 5.32 Å². The molecule has 2 heteroatoms. The molecule has 0 bridgehead atoms. The summed E-state index contributed by atoms with van der Waals surface area (Å²) in [4.78, 5) is 2.73. The second kappa shape index (κ2) is 3.97. The van der Waals surface area contributed by atoms with Gasteiger partial charge in [-0.1, -0.05) is 6.92 Å². The number of nitrogens with zero attached hydrogens (tertiary/aromatic N) is 1. The molecule has 1 N–H and O–H groups in total. The minimum absolute atomic E-state index is 0.796. The summed E-state index contributed by atoms with van der Waals surface area (Å²) in [6.07, 6.45) is 4.24. The zero-order valence-corrected chi connectivity index (χ0v) is 8.92. The first-order valence-corrected chi connectivity index (χ1v) is 5.79. The molecule has 0 aromatic carbocycles. The van der Waals surface area contributed by atoms with Crippen molar-refractivity contribution in [2.75, 3.05) is 19.6 Å². The summed E-state index contributed by atoms with van der Waals surface area (Å²) in [5.74, 6) is 1.02. The van der Waals surface area contributed by atoms with Crippen LogP contribution in [0.2, 0.25) is 0 Å². The first-order chi connectivity index (χ1) is 6.33. The van der Waals surface area contributed by atoms with Gasteiger partial charge in [-0.15, -0.1) is 0 Å². The average Bonchev–Trinajstić information content (AvgIpc) is 3.00. The summed E-state index contributed by atoms with van der Waals surface area (Å²) in [5.41, 5.74) is 0. The van der Waals surface area contributed by atoms with Crippen molar-refractivity contribution in [2.24, 2.45) is 5.92 Å². The van der Waals surface area contributed by atoms with Gasteiger partial charge in [0.25, 0.3) is 0 Å². The van der Waals surface area contributed by atoms with Crippen molar-refractivity contribution in [2.45, 2.75) is 45.2 Å². The Morgan fingerprint density at radius 3 is 2.85 bits per heavy atom. The molecule has 1 aliphatic carbocycles. The van der Waals surface area contributed by atoms with Gasteiger partial charge >= 0.3 is 0 Å². The minimum atomic E-state index is 0.796. The molecule has 2 aliphatic rings. The van der Waals surface area contributed by atoms with Crippen molar-refractivity contribution in [3.8, 4) is 0 Å². The Bertz CT molecular complexity index is 163. The highest BCUT2D eigenvalue weighted by Crippen LogP contribution is 2.36. The lowest BCUT2D eigenvalue weighted by Crippen LogP contribution is -2.54. The number of hydrogen-bond acceptors (Lipinski definition) is 2. The summed E-state index contributed by atoms with van der Waals surface area (Å²) >= 11 is 0. The van der Waals surface area contributed by atoms with Crippen LogP contribution in [-0.4, -0.2) is 36.6 Å². The molecule has 0 aromatic heterocycles. The smallest absolute Gasteiger partial charge is 0.0221 e. The van der Waals surface area contributed by atoms with Gasteiger partial charge in [0.15, 0.2) is 0 Å². The van der Waals surface area contributed by atoms with Gasteiger partial charge in [-0.3, -0.25) is 4.90 Å². The predicted molar refractivity (Wildman–Crippen MR) is 55.8 cm³/mol. The van der Waals surface area contributed by atoms with E-state index in [2.05, 4.69) is 24.1 Å². The molecule has 1 heterocycles. The van der Waals surface area contributed by atoms with E-state index in [-0.39, 0.29) is 0 Å². The fourth-order valence-electron chi connectivity index (χ4n) is 2.54. The van der Waals surface area contributed by atoms with Crippen LogP contribution < -0.4 is 5.32 Å². The third-order valence-electron chi connectivity index (χ3n) is 3.69. The molecule has 1 saturated heterocycles. The lowest BCUT2D eigenvalue weighted by atomic mass is 10.1. The first-order valence-electron chi connectivity index (χ1n) is 5.79. The van der Waals surface area contributed by atoms with Crippen molar-refractivity contribution >= 4 is 0 Å². The van der Waals surface area contributed by atoms with Gasteiger partial charge in [0, 0.05) is 31.7 Å². The highest BCUT2D eigenvalue weighted by molar-refractivity contribution is 4.90. The number of piperazine rings is 1. The summed E-state index contributed by atoms with van der Waals surface area (Å²) in [6, 6.07) is 1.64. The fraction of sp³-hybridized carbons (Fsp3) is 1.00. The molecule has 1 aliphatic heterocycles. The zero-order valence-electron chi connectivity index (χ0n) is 8.92. The van der Waals surface area contributed by atoms with Gasteiger partial charge in [0.2, 0.25) is 0 Å². The summed E-state index contributed by atoms with van der Waals surface area (Å²) < 4.78 is 0. The molecule has 0 aromatic rings. The molecule has 13 heavy (non-hydrogen) atoms. The van der Waals surface area contributed by atoms with Crippen molar-refractivity contribution < 1.29 is 0 Å². The van der Waals surface area contributed by atoms with Gasteiger partial charge in [-0.25, -0.2) is 0 Å². The van der Waals surface area contributed by atoms with Crippen LogP contribution in [0.3, 0.4) is 0 Å². The fourth-order valence-corrected chi connectivity index (χ4v) is 2.54. The van der Waals surface area contributed by atoms with E-state index in [4.69, 9.17) is 0 Å². The Balaban J connectivity index is 1.92. The standard InChI is InChI=1S/C11H22N2/c1-3-11-8-12-6-7-13(11)9(2)10-4-5-10/h9-12H,3-8H2,1-2H3. The molecular formula is C11H22N2. The van der Waals surface area contributed by atoms with Crippen molar-refractivity contribution in [3.63, 3.8) is 0 Å². The van der Waals surface area contributed by atoms with Crippen LogP contribution in [0.25, 0.3) is 0 Å². The van der Waals surface area contributed by atoms with Gasteiger partial charge in [-0.2, -0.15) is 0 Å². The maximum Gasteiger partial charge on any atom is 0.0221 e. The Morgan fingerprint density at radius 1 is 1.46 bits per heavy atom. The predicted octanol–water partition coefficient (Wildman–Crippen LogP) is 1.47. The maximum absolute atomic E-state index is 3.49. The van der Waals surface area contributed by atoms with Crippen molar-refractivity contribution in [3.05, 3.63) is 0 Å². The minimum Gasteiger partial charge on any atom is -0.314 e. The molecule has 76 valence electrons. The number of rotatable bonds is 3. The quantitative estimate of drug-likeness (QED) is 0.711. The van der Waals surface area contributed by atoms with Crippen LogP contribution in [-0.2, 0) is 0 Å². The SMILES string of the molecule is CCC1CNCCN1C(C)C1CC1. The summed E-state index contributed by atoms with van der Waals surface area (Å²) in [5, 5.41) is 3.49. The van der Waals surface area contributed by atoms with E-state index in [1.165, 1.54) is 38.9 Å². The summed E-state index contributed by atoms with van der Waals surface area (Å²) in [6.45, 7) is 8.38. The second-order valence-electron chi connectivity index (χ2n) is 4.58. The third kappa shape index (κ3) is 2.05. The van der Waals surface area contributed by atoms with Gasteiger partial charge in [-0.05, 0) is 32.1 Å². The van der Waals surface area contributed by atoms with Crippen LogP contribution in [0.1, 0.15) is 33.1 Å². The molecule has 0 amide bonds. The molecule has 2 rings (SSSR count). The lowest BCUT2D eigenvalue weighted by Gasteiger charge is -2.40. The van der Waals surface area contributed by atoms with Gasteiger partial charge in [0.1, 0.15) is 0 Å². The topological polar surface area (TPSA) is 15.3 Å². The average molecular weight is 182 g/mol. The Labute approximate surface area is 81.7 Å². The van der Waals surface area contributed by atoms with Crippen LogP contribution in [0, 0.1) is 5.92 Å². The van der Waals surface area contributed by atoms with Crippen LogP contribution in [0.5, 0.6) is 0 Å². The van der Waals surface area contributed by atoms with Crippen LogP contribution in [0.4, 0.5) is 0 Å². The highest BCUT2D eigenvalue weighted by atomic mass is 15.2. The molecule has 2 nitrogen and oxygen atoms in total. The van der Waals surface area contributed by atoms with E-state index >= 15 is 0 Å². The van der Waals surface area contributed by atoms with Crippen molar-refractivity contribution in [1.82, 2.24) is 10.2 Å².